The third-order valence-corrected chi connectivity index (χ3v) is 7.20. The topological polar surface area (TPSA) is 66.4 Å². The smallest absolute Gasteiger partial charge is 0.237 e. The van der Waals surface area contributed by atoms with Gasteiger partial charge in [0.2, 0.25) is 16.9 Å². The van der Waals surface area contributed by atoms with Crippen LogP contribution in [0.4, 0.5) is 5.13 Å². The van der Waals surface area contributed by atoms with Crippen LogP contribution in [0.25, 0.3) is 0 Å². The molecule has 3 aliphatic carbocycles. The fourth-order valence-electron chi connectivity index (χ4n) is 3.49. The summed E-state index contributed by atoms with van der Waals surface area (Å²) in [5.74, 6) is 0.662. The first-order valence-electron chi connectivity index (χ1n) is 9.97. The minimum atomic E-state index is 0.102. The maximum Gasteiger partial charge on any atom is 0.237 e. The number of hydrogen-bond acceptors (Lipinski definition) is 6. The molecule has 6 nitrogen and oxygen atoms in total. The Hall–Kier alpha value is -1.41. The van der Waals surface area contributed by atoms with Crippen LogP contribution in [0.15, 0.2) is 16.1 Å². The molecule has 0 bridgehead atoms. The third kappa shape index (κ3) is 4.54. The molecule has 0 aliphatic heterocycles. The van der Waals surface area contributed by atoms with Crippen molar-refractivity contribution in [1.82, 2.24) is 15.1 Å². The van der Waals surface area contributed by atoms with Crippen LogP contribution < -0.4 is 4.90 Å². The highest BCUT2D eigenvalue weighted by atomic mass is 32.2. The zero-order valence-electron chi connectivity index (χ0n) is 15.7. The quantitative estimate of drug-likeness (QED) is 0.482. The van der Waals surface area contributed by atoms with Gasteiger partial charge in [-0.05, 0) is 51.4 Å². The molecule has 0 N–H and O–H groups in total. The molecule has 1 aromatic heterocycles. The van der Waals surface area contributed by atoms with Gasteiger partial charge in [-0.2, -0.15) is 0 Å². The second-order valence-electron chi connectivity index (χ2n) is 7.42. The monoisotopic (exact) mass is 406 g/mol. The molecule has 0 saturated heterocycles. The van der Waals surface area contributed by atoms with Crippen molar-refractivity contribution >= 4 is 40.0 Å². The van der Waals surface area contributed by atoms with Gasteiger partial charge in [-0.3, -0.25) is 14.5 Å². The van der Waals surface area contributed by atoms with Crippen molar-refractivity contribution in [2.45, 2.75) is 81.1 Å². The van der Waals surface area contributed by atoms with Crippen LogP contribution in [0.2, 0.25) is 0 Å². The normalized spacial score (nSPS) is 19.5. The van der Waals surface area contributed by atoms with Crippen LogP contribution in [0.5, 0.6) is 0 Å². The number of thioether (sulfide) groups is 1. The lowest BCUT2D eigenvalue weighted by atomic mass is 10.0. The predicted octanol–water partition coefficient (Wildman–Crippen LogP) is 3.98. The summed E-state index contributed by atoms with van der Waals surface area (Å²) in [6, 6.07) is 0.688. The van der Waals surface area contributed by atoms with E-state index >= 15 is 0 Å². The molecular weight excluding hydrogens is 380 g/mol. The Morgan fingerprint density at radius 1 is 1.11 bits per heavy atom. The average molecular weight is 407 g/mol. The van der Waals surface area contributed by atoms with Crippen LogP contribution >= 0.6 is 23.1 Å². The molecule has 2 amide bonds. The van der Waals surface area contributed by atoms with Gasteiger partial charge in [-0.25, -0.2) is 0 Å². The van der Waals surface area contributed by atoms with Gasteiger partial charge in [0.15, 0.2) is 4.34 Å². The summed E-state index contributed by atoms with van der Waals surface area (Å²) in [6.45, 7) is 1.87. The molecule has 1 aromatic rings. The van der Waals surface area contributed by atoms with Gasteiger partial charge >= 0.3 is 0 Å². The van der Waals surface area contributed by atoms with E-state index in [-0.39, 0.29) is 17.9 Å². The summed E-state index contributed by atoms with van der Waals surface area (Å²) in [5.41, 5.74) is 1.22. The van der Waals surface area contributed by atoms with Crippen molar-refractivity contribution in [2.75, 3.05) is 10.7 Å². The van der Waals surface area contributed by atoms with Crippen molar-refractivity contribution in [3.8, 4) is 0 Å². The number of anilines is 1. The second kappa shape index (κ2) is 8.31. The zero-order chi connectivity index (χ0) is 18.8. The van der Waals surface area contributed by atoms with Crippen molar-refractivity contribution in [3.05, 3.63) is 11.8 Å². The molecule has 2 saturated carbocycles. The number of allylic oxidation sites excluding steroid dienone is 2. The lowest BCUT2D eigenvalue weighted by Crippen LogP contribution is -2.34. The highest BCUT2D eigenvalue weighted by Crippen LogP contribution is 2.37. The van der Waals surface area contributed by atoms with E-state index < -0.39 is 0 Å². The molecule has 0 atom stereocenters. The molecule has 8 heteroatoms. The van der Waals surface area contributed by atoms with E-state index in [1.165, 1.54) is 41.6 Å². The summed E-state index contributed by atoms with van der Waals surface area (Å²) in [4.78, 5) is 28.9. The van der Waals surface area contributed by atoms with E-state index in [1.54, 1.807) is 4.90 Å². The lowest BCUT2D eigenvalue weighted by Gasteiger charge is -2.27. The van der Waals surface area contributed by atoms with Crippen molar-refractivity contribution in [1.29, 1.82) is 0 Å². The zero-order valence-corrected chi connectivity index (χ0v) is 17.4. The van der Waals surface area contributed by atoms with Gasteiger partial charge in [0.05, 0.1) is 5.75 Å². The Morgan fingerprint density at radius 3 is 2.48 bits per heavy atom. The number of rotatable bonds is 8. The summed E-state index contributed by atoms with van der Waals surface area (Å²) < 4.78 is 0.765. The first-order valence-corrected chi connectivity index (χ1v) is 11.8. The van der Waals surface area contributed by atoms with E-state index in [2.05, 4.69) is 16.3 Å². The van der Waals surface area contributed by atoms with E-state index in [4.69, 9.17) is 0 Å². The molecular formula is C19H26N4O2S2. The number of aromatic nitrogens is 2. The largest absolute Gasteiger partial charge is 0.313 e. The van der Waals surface area contributed by atoms with Crippen LogP contribution in [-0.2, 0) is 9.59 Å². The van der Waals surface area contributed by atoms with E-state index in [1.807, 2.05) is 11.8 Å². The second-order valence-corrected chi connectivity index (χ2v) is 9.60. The van der Waals surface area contributed by atoms with E-state index in [0.29, 0.717) is 23.3 Å². The molecule has 2 fully saturated rings. The van der Waals surface area contributed by atoms with Crippen LogP contribution in [0.1, 0.15) is 64.7 Å². The van der Waals surface area contributed by atoms with Gasteiger partial charge in [-0.1, -0.05) is 36.1 Å². The summed E-state index contributed by atoms with van der Waals surface area (Å²) >= 11 is 2.87. The summed E-state index contributed by atoms with van der Waals surface area (Å²) in [5, 5.41) is 9.12. The lowest BCUT2D eigenvalue weighted by molar-refractivity contribution is -0.127. The first kappa shape index (κ1) is 18.9. The van der Waals surface area contributed by atoms with Gasteiger partial charge in [0, 0.05) is 24.2 Å². The highest BCUT2D eigenvalue weighted by Gasteiger charge is 2.36. The minimum Gasteiger partial charge on any atom is -0.313 e. The van der Waals surface area contributed by atoms with E-state index in [9.17, 15) is 9.59 Å². The Kier molecular flexibility index (Phi) is 5.82. The molecule has 4 rings (SSSR count). The summed E-state index contributed by atoms with van der Waals surface area (Å²) in [6.07, 6.45) is 11.5. The van der Waals surface area contributed by atoms with Gasteiger partial charge in [0.25, 0.3) is 0 Å². The van der Waals surface area contributed by atoms with Crippen LogP contribution in [-0.4, -0.2) is 44.7 Å². The molecule has 0 unspecified atom stereocenters. The van der Waals surface area contributed by atoms with Gasteiger partial charge in [-0.15, -0.1) is 10.2 Å². The number of carbonyl (C=O) groups excluding carboxylic acids is 2. The van der Waals surface area contributed by atoms with E-state index in [0.717, 1.165) is 42.9 Å². The Bertz CT molecular complexity index is 740. The highest BCUT2D eigenvalue weighted by molar-refractivity contribution is 8.01. The van der Waals surface area contributed by atoms with Crippen LogP contribution in [0, 0.1) is 0 Å². The number of amides is 2. The molecule has 0 aromatic carbocycles. The molecule has 1 heterocycles. The van der Waals surface area contributed by atoms with Crippen LogP contribution in [0.3, 0.4) is 0 Å². The maximum absolute atomic E-state index is 12.9. The minimum absolute atomic E-state index is 0.102. The van der Waals surface area contributed by atoms with Crippen molar-refractivity contribution in [3.63, 3.8) is 0 Å². The Labute approximate surface area is 168 Å². The Balaban J connectivity index is 1.38. The Morgan fingerprint density at radius 2 is 1.85 bits per heavy atom. The third-order valence-electron chi connectivity index (χ3n) is 5.16. The molecule has 27 heavy (non-hydrogen) atoms. The predicted molar refractivity (Wildman–Crippen MR) is 108 cm³/mol. The standard InChI is InChI=1S/C19H26N4O2S2/c1-2-16(24)23(15-10-11-15)18-20-21-19(27-18)26-12-17(25)22(14-8-9-14)13-6-4-3-5-7-13/h6,14-15H,2-5,7-12H2,1H3. The maximum atomic E-state index is 12.9. The molecule has 146 valence electrons. The summed E-state index contributed by atoms with van der Waals surface area (Å²) in [7, 11) is 0. The SMILES string of the molecule is CCC(=O)N(c1nnc(SCC(=O)N(C2=CCCCC2)C2CC2)s1)C1CC1. The van der Waals surface area contributed by atoms with Crippen molar-refractivity contribution < 1.29 is 9.59 Å². The fourth-order valence-corrected chi connectivity index (χ4v) is 5.28. The van der Waals surface area contributed by atoms with Crippen molar-refractivity contribution in [2.24, 2.45) is 0 Å². The number of nitrogens with zero attached hydrogens (tertiary/aromatic N) is 4. The fraction of sp³-hybridized carbons (Fsp3) is 0.684. The molecule has 0 spiro atoms. The molecule has 0 radical (unpaired) electrons. The molecule has 3 aliphatic rings. The first-order chi connectivity index (χ1) is 13.2. The number of carbonyl (C=O) groups is 2. The average Bonchev–Trinajstić information content (AvgIpc) is 3.62. The van der Waals surface area contributed by atoms with Gasteiger partial charge in [0.1, 0.15) is 0 Å². The number of hydrogen-bond donors (Lipinski definition) is 0. The van der Waals surface area contributed by atoms with Gasteiger partial charge < -0.3 is 4.90 Å².